The number of rotatable bonds is 28. The molecule has 0 heterocycles. The third-order valence-electron chi connectivity index (χ3n) is 6.99. The van der Waals surface area contributed by atoms with E-state index < -0.39 is 0 Å². The van der Waals surface area contributed by atoms with E-state index in [4.69, 9.17) is 0 Å². The summed E-state index contributed by atoms with van der Waals surface area (Å²) < 4.78 is 0. The predicted molar refractivity (Wildman–Crippen MR) is 155 cm³/mol. The Kier molecular flexibility index (Phi) is 29.4. The van der Waals surface area contributed by atoms with Gasteiger partial charge in [0.2, 0.25) is 0 Å². The smallest absolute Gasteiger partial charge is 0.132 e. The lowest BCUT2D eigenvalue weighted by Crippen LogP contribution is -1.96. The quantitative estimate of drug-likeness (QED) is 0.0813. The Labute approximate surface area is 215 Å². The molecule has 0 aliphatic rings. The molecule has 0 N–H and O–H groups in total. The van der Waals surface area contributed by atoms with Crippen LogP contribution in [0, 0.1) is 0 Å². The van der Waals surface area contributed by atoms with Gasteiger partial charge in [-0.3, -0.25) is 4.79 Å². The minimum atomic E-state index is 0.469. The average molecular weight is 475 g/mol. The van der Waals surface area contributed by atoms with Crippen LogP contribution in [0.2, 0.25) is 0 Å². The van der Waals surface area contributed by atoms with Crippen LogP contribution >= 0.6 is 0 Å². The molecule has 0 bridgehead atoms. The first-order valence-electron chi connectivity index (χ1n) is 15.6. The Morgan fingerprint density at radius 3 is 1.15 bits per heavy atom. The third-order valence-corrected chi connectivity index (χ3v) is 6.99. The number of hydrogen-bond acceptors (Lipinski definition) is 1. The van der Waals surface area contributed by atoms with E-state index in [1.807, 2.05) is 0 Å². The van der Waals surface area contributed by atoms with E-state index in [1.54, 1.807) is 0 Å². The number of hydrogen-bond donors (Lipinski definition) is 0. The molecule has 1 nitrogen and oxygen atoms in total. The fourth-order valence-corrected chi connectivity index (χ4v) is 4.60. The largest absolute Gasteiger partial charge is 0.300 e. The van der Waals surface area contributed by atoms with Crippen LogP contribution in [0.3, 0.4) is 0 Å². The number of carbonyl (C=O) groups excluding carboxylic acids is 1. The molecule has 0 aromatic heterocycles. The molecule has 0 aliphatic carbocycles. The SMILES string of the molecule is CCCCCCCCCCCCCCCCCCC=CC=CCCCCCCC(=O)CCCC. The van der Waals surface area contributed by atoms with Gasteiger partial charge in [0.15, 0.2) is 0 Å². The van der Waals surface area contributed by atoms with Crippen molar-refractivity contribution in [3.63, 3.8) is 0 Å². The van der Waals surface area contributed by atoms with E-state index in [0.717, 1.165) is 32.1 Å². The molecule has 0 saturated carbocycles. The second-order valence-corrected chi connectivity index (χ2v) is 10.5. The molecule has 0 amide bonds. The summed E-state index contributed by atoms with van der Waals surface area (Å²) in [5.74, 6) is 0.469. The van der Waals surface area contributed by atoms with Crippen LogP contribution in [0.25, 0.3) is 0 Å². The van der Waals surface area contributed by atoms with E-state index in [-0.39, 0.29) is 0 Å². The highest BCUT2D eigenvalue weighted by atomic mass is 16.1. The van der Waals surface area contributed by atoms with E-state index in [9.17, 15) is 4.79 Å². The van der Waals surface area contributed by atoms with Crippen molar-refractivity contribution in [2.75, 3.05) is 0 Å². The van der Waals surface area contributed by atoms with E-state index in [1.165, 1.54) is 135 Å². The highest BCUT2D eigenvalue weighted by Gasteiger charge is 2.00. The van der Waals surface area contributed by atoms with Gasteiger partial charge < -0.3 is 0 Å². The molecular weight excluding hydrogens is 412 g/mol. The van der Waals surface area contributed by atoms with Crippen molar-refractivity contribution in [2.45, 2.75) is 181 Å². The summed E-state index contributed by atoms with van der Waals surface area (Å²) in [5.41, 5.74) is 0. The molecule has 1 heteroatoms. The molecule has 0 radical (unpaired) electrons. The average Bonchev–Trinajstić information content (AvgIpc) is 2.84. The van der Waals surface area contributed by atoms with Gasteiger partial charge in [0.1, 0.15) is 5.78 Å². The van der Waals surface area contributed by atoms with Gasteiger partial charge >= 0.3 is 0 Å². The fourth-order valence-electron chi connectivity index (χ4n) is 4.60. The first-order valence-corrected chi connectivity index (χ1v) is 15.6. The predicted octanol–water partition coefficient (Wildman–Crippen LogP) is 11.9. The number of Topliss-reactive ketones (excluding diaryl/α,β-unsaturated/α-hetero) is 1. The maximum absolute atomic E-state index is 11.6. The lowest BCUT2D eigenvalue weighted by atomic mass is 10.0. The zero-order valence-corrected chi connectivity index (χ0v) is 23.6. The van der Waals surface area contributed by atoms with Crippen LogP contribution in [-0.2, 0) is 4.79 Å². The van der Waals surface area contributed by atoms with Crippen molar-refractivity contribution in [1.82, 2.24) is 0 Å². The van der Waals surface area contributed by atoms with Crippen molar-refractivity contribution in [3.8, 4) is 0 Å². The summed E-state index contributed by atoms with van der Waals surface area (Å²) in [6, 6.07) is 0. The molecule has 0 aliphatic heterocycles. The number of unbranched alkanes of at least 4 members (excludes halogenated alkanes) is 21. The molecule has 0 unspecified atom stereocenters. The summed E-state index contributed by atoms with van der Waals surface area (Å²) in [6.07, 6.45) is 43.1. The Balaban J connectivity index is 3.20. The second-order valence-electron chi connectivity index (χ2n) is 10.5. The molecule has 0 atom stereocenters. The lowest BCUT2D eigenvalue weighted by molar-refractivity contribution is -0.119. The zero-order valence-electron chi connectivity index (χ0n) is 23.6. The number of allylic oxidation sites excluding steroid dienone is 4. The number of carbonyl (C=O) groups is 1. The Bertz CT molecular complexity index is 447. The van der Waals surface area contributed by atoms with E-state index >= 15 is 0 Å². The van der Waals surface area contributed by atoms with Crippen molar-refractivity contribution in [3.05, 3.63) is 24.3 Å². The summed E-state index contributed by atoms with van der Waals surface area (Å²) in [6.45, 7) is 4.45. The van der Waals surface area contributed by atoms with Gasteiger partial charge in [0, 0.05) is 12.8 Å². The Morgan fingerprint density at radius 2 is 0.735 bits per heavy atom. The molecule has 0 aromatic rings. The first kappa shape index (κ1) is 33.1. The summed E-state index contributed by atoms with van der Waals surface area (Å²) >= 11 is 0. The summed E-state index contributed by atoms with van der Waals surface area (Å²) in [4.78, 5) is 11.6. The van der Waals surface area contributed by atoms with Crippen molar-refractivity contribution in [2.24, 2.45) is 0 Å². The summed E-state index contributed by atoms with van der Waals surface area (Å²) in [5, 5.41) is 0. The highest BCUT2D eigenvalue weighted by Crippen LogP contribution is 2.14. The van der Waals surface area contributed by atoms with Crippen LogP contribution < -0.4 is 0 Å². The monoisotopic (exact) mass is 474 g/mol. The van der Waals surface area contributed by atoms with Crippen molar-refractivity contribution in [1.29, 1.82) is 0 Å². The van der Waals surface area contributed by atoms with Crippen LogP contribution in [0.1, 0.15) is 181 Å². The fraction of sp³-hybridized carbons (Fsp3) is 0.848. The molecule has 0 saturated heterocycles. The van der Waals surface area contributed by atoms with E-state index in [2.05, 4.69) is 38.2 Å². The molecule has 0 spiro atoms. The minimum absolute atomic E-state index is 0.469. The minimum Gasteiger partial charge on any atom is -0.300 e. The van der Waals surface area contributed by atoms with E-state index in [0.29, 0.717) is 5.78 Å². The molecule has 200 valence electrons. The van der Waals surface area contributed by atoms with Gasteiger partial charge in [-0.25, -0.2) is 0 Å². The van der Waals surface area contributed by atoms with Crippen LogP contribution in [-0.4, -0.2) is 5.78 Å². The van der Waals surface area contributed by atoms with Crippen LogP contribution in [0.4, 0.5) is 0 Å². The van der Waals surface area contributed by atoms with Crippen LogP contribution in [0.15, 0.2) is 24.3 Å². The third kappa shape index (κ3) is 29.2. The lowest BCUT2D eigenvalue weighted by Gasteiger charge is -2.03. The standard InChI is InChI=1S/C33H62O/c1-3-5-7-8-9-10-11-12-13-14-15-16-17-18-19-20-21-22-23-24-25-26-27-28-29-30-32-33(34)31-6-4-2/h22-25H,3-21,26-32H2,1-2H3. The van der Waals surface area contributed by atoms with Gasteiger partial charge in [0.25, 0.3) is 0 Å². The zero-order chi connectivity index (χ0) is 24.8. The van der Waals surface area contributed by atoms with Gasteiger partial charge in [0.05, 0.1) is 0 Å². The first-order chi connectivity index (χ1) is 16.8. The maximum Gasteiger partial charge on any atom is 0.132 e. The van der Waals surface area contributed by atoms with Crippen LogP contribution in [0.5, 0.6) is 0 Å². The molecule has 0 aromatic carbocycles. The molecule has 0 rings (SSSR count). The highest BCUT2D eigenvalue weighted by molar-refractivity contribution is 5.78. The number of ketones is 1. The molecule has 0 fully saturated rings. The normalized spacial score (nSPS) is 11.8. The Hall–Kier alpha value is -0.850. The topological polar surface area (TPSA) is 17.1 Å². The second kappa shape index (κ2) is 30.2. The van der Waals surface area contributed by atoms with Gasteiger partial charge in [-0.15, -0.1) is 0 Å². The van der Waals surface area contributed by atoms with Gasteiger partial charge in [-0.2, -0.15) is 0 Å². The molecule has 34 heavy (non-hydrogen) atoms. The van der Waals surface area contributed by atoms with Crippen molar-refractivity contribution >= 4 is 5.78 Å². The van der Waals surface area contributed by atoms with Crippen molar-refractivity contribution < 1.29 is 4.79 Å². The maximum atomic E-state index is 11.6. The van der Waals surface area contributed by atoms with Gasteiger partial charge in [-0.1, -0.05) is 154 Å². The Morgan fingerprint density at radius 1 is 0.412 bits per heavy atom. The molecular formula is C33H62O. The summed E-state index contributed by atoms with van der Waals surface area (Å²) in [7, 11) is 0. The van der Waals surface area contributed by atoms with Gasteiger partial charge in [-0.05, 0) is 38.5 Å².